The predicted molar refractivity (Wildman–Crippen MR) is 92.3 cm³/mol. The van der Waals surface area contributed by atoms with Gasteiger partial charge in [-0.05, 0) is 18.8 Å². The van der Waals surface area contributed by atoms with Gasteiger partial charge in [0.05, 0.1) is 17.5 Å². The average Bonchev–Trinajstić information content (AvgIpc) is 2.47. The van der Waals surface area contributed by atoms with Crippen molar-refractivity contribution in [2.45, 2.75) is 63.6 Å². The van der Waals surface area contributed by atoms with Gasteiger partial charge in [0, 0.05) is 52.0 Å². The molecule has 0 N–H and O–H groups in total. The highest BCUT2D eigenvalue weighted by molar-refractivity contribution is 7.89. The van der Waals surface area contributed by atoms with Crippen LogP contribution >= 0.6 is 0 Å². The Balaban J connectivity index is 1.41. The number of alkyl halides is 2. The second-order valence-electron chi connectivity index (χ2n) is 8.36. The van der Waals surface area contributed by atoms with Crippen molar-refractivity contribution < 1.29 is 21.9 Å². The molecule has 5 nitrogen and oxygen atoms in total. The van der Waals surface area contributed by atoms with Crippen molar-refractivity contribution in [2.24, 2.45) is 5.92 Å². The van der Waals surface area contributed by atoms with E-state index in [2.05, 4.69) is 4.90 Å². The van der Waals surface area contributed by atoms with Gasteiger partial charge < -0.3 is 9.64 Å². The van der Waals surface area contributed by atoms with Crippen LogP contribution in [0.2, 0.25) is 0 Å². The summed E-state index contributed by atoms with van der Waals surface area (Å²) < 4.78 is 58.7. The van der Waals surface area contributed by atoms with Crippen LogP contribution in [0.15, 0.2) is 0 Å². The zero-order valence-corrected chi connectivity index (χ0v) is 16.0. The van der Waals surface area contributed by atoms with Crippen LogP contribution in [0.1, 0.15) is 46.0 Å². The number of rotatable bonds is 5. The van der Waals surface area contributed by atoms with E-state index in [4.69, 9.17) is 4.74 Å². The van der Waals surface area contributed by atoms with Gasteiger partial charge in [-0.2, -0.15) is 0 Å². The number of ether oxygens (including phenoxy) is 1. The molecule has 1 atom stereocenters. The normalized spacial score (nSPS) is 30.5. The molecule has 3 fully saturated rings. The second kappa shape index (κ2) is 7.02. The van der Waals surface area contributed by atoms with E-state index >= 15 is 0 Å². The molecule has 0 aromatic rings. The van der Waals surface area contributed by atoms with Crippen LogP contribution in [0.25, 0.3) is 0 Å². The Morgan fingerprint density at radius 1 is 1.08 bits per heavy atom. The van der Waals surface area contributed by atoms with Crippen molar-refractivity contribution >= 4 is 10.0 Å². The van der Waals surface area contributed by atoms with E-state index in [0.29, 0.717) is 32.7 Å². The zero-order valence-electron chi connectivity index (χ0n) is 15.2. The fourth-order valence-electron chi connectivity index (χ4n) is 4.23. The van der Waals surface area contributed by atoms with Gasteiger partial charge in [-0.3, -0.25) is 0 Å². The second-order valence-corrected chi connectivity index (χ2v) is 10.4. The van der Waals surface area contributed by atoms with E-state index in [1.807, 2.05) is 13.8 Å². The average molecular weight is 381 g/mol. The molecule has 0 radical (unpaired) electrons. The lowest BCUT2D eigenvalue weighted by molar-refractivity contribution is -0.228. The summed E-state index contributed by atoms with van der Waals surface area (Å²) in [6, 6.07) is 0. The first-order chi connectivity index (χ1) is 11.6. The van der Waals surface area contributed by atoms with E-state index in [-0.39, 0.29) is 36.2 Å². The van der Waals surface area contributed by atoms with E-state index in [1.54, 1.807) is 4.31 Å². The van der Waals surface area contributed by atoms with Crippen LogP contribution in [0.5, 0.6) is 0 Å². The van der Waals surface area contributed by atoms with Gasteiger partial charge in [0.15, 0.2) is 0 Å². The maximum absolute atomic E-state index is 13.2. The maximum Gasteiger partial charge on any atom is 0.250 e. The van der Waals surface area contributed by atoms with Gasteiger partial charge in [0.1, 0.15) is 0 Å². The minimum absolute atomic E-state index is 0.0620. The Bertz CT molecular complexity index is 556. The lowest BCUT2D eigenvalue weighted by atomic mass is 9.81. The van der Waals surface area contributed by atoms with Crippen LogP contribution in [0, 0.1) is 5.92 Å². The molecule has 0 aliphatic carbocycles. The highest BCUT2D eigenvalue weighted by Gasteiger charge is 2.49. The third-order valence-electron chi connectivity index (χ3n) is 5.64. The Morgan fingerprint density at radius 3 is 2.16 bits per heavy atom. The zero-order chi connectivity index (χ0) is 18.3. The molecule has 8 heteroatoms. The Hall–Kier alpha value is -0.310. The van der Waals surface area contributed by atoms with Crippen molar-refractivity contribution in [3.63, 3.8) is 0 Å². The number of piperidine rings is 2. The molecule has 0 amide bonds. The fraction of sp³-hybridized carbons (Fsp3) is 1.00. The molecule has 146 valence electrons. The van der Waals surface area contributed by atoms with Crippen molar-refractivity contribution in [3.8, 4) is 0 Å². The van der Waals surface area contributed by atoms with Crippen LogP contribution in [-0.4, -0.2) is 73.7 Å². The van der Waals surface area contributed by atoms with E-state index in [9.17, 15) is 17.2 Å². The first-order valence-electron chi connectivity index (χ1n) is 9.35. The Labute approximate surface area is 149 Å². The van der Waals surface area contributed by atoms with Gasteiger partial charge in [-0.25, -0.2) is 21.5 Å². The summed E-state index contributed by atoms with van der Waals surface area (Å²) in [6.45, 7) is 6.46. The van der Waals surface area contributed by atoms with Gasteiger partial charge in [0.25, 0.3) is 5.92 Å². The van der Waals surface area contributed by atoms with Crippen LogP contribution in [0.4, 0.5) is 8.78 Å². The number of nitrogens with zero attached hydrogens (tertiary/aromatic N) is 2. The molecule has 0 aromatic heterocycles. The molecule has 0 saturated carbocycles. The molecular formula is C17H30F2N2O3S. The molecule has 25 heavy (non-hydrogen) atoms. The van der Waals surface area contributed by atoms with Gasteiger partial charge >= 0.3 is 0 Å². The summed E-state index contributed by atoms with van der Waals surface area (Å²) in [4.78, 5) is 2.07. The lowest BCUT2D eigenvalue weighted by Gasteiger charge is -2.53. The number of halogens is 2. The van der Waals surface area contributed by atoms with Crippen LogP contribution < -0.4 is 0 Å². The summed E-state index contributed by atoms with van der Waals surface area (Å²) >= 11 is 0. The summed E-state index contributed by atoms with van der Waals surface area (Å²) in [5, 5.41) is 0. The van der Waals surface area contributed by atoms with Crippen molar-refractivity contribution in [2.75, 3.05) is 38.5 Å². The van der Waals surface area contributed by atoms with E-state index in [1.165, 1.54) is 0 Å². The van der Waals surface area contributed by atoms with Crippen LogP contribution in [0.3, 0.4) is 0 Å². The summed E-state index contributed by atoms with van der Waals surface area (Å²) in [5.41, 5.74) is -0.186. The standard InChI is InChI=1S/C17H30F2N2O3S/c1-14(2)13-25(22,23)21-9-3-16(4-10-21)11-15(24-16)12-20-7-5-17(18,19)6-8-20/h14-15H,3-13H2,1-2H3/t15-/m1/s1. The number of hydrogen-bond donors (Lipinski definition) is 0. The molecule has 0 unspecified atom stereocenters. The quantitative estimate of drug-likeness (QED) is 0.735. The topological polar surface area (TPSA) is 49.9 Å². The molecule has 3 aliphatic rings. The summed E-state index contributed by atoms with van der Waals surface area (Å²) in [5.74, 6) is -2.18. The first kappa shape index (κ1) is 19.5. The van der Waals surface area contributed by atoms with Crippen molar-refractivity contribution in [1.82, 2.24) is 9.21 Å². The SMILES string of the molecule is CC(C)CS(=O)(=O)N1CCC2(CC1)C[C@H](CN1CCC(F)(F)CC1)O2. The minimum atomic E-state index is -3.17. The van der Waals surface area contributed by atoms with Crippen molar-refractivity contribution in [3.05, 3.63) is 0 Å². The molecule has 0 aromatic carbocycles. The van der Waals surface area contributed by atoms with Crippen molar-refractivity contribution in [1.29, 1.82) is 0 Å². The van der Waals surface area contributed by atoms with E-state index < -0.39 is 15.9 Å². The maximum atomic E-state index is 13.2. The van der Waals surface area contributed by atoms with Crippen LogP contribution in [-0.2, 0) is 14.8 Å². The minimum Gasteiger partial charge on any atom is -0.370 e. The number of sulfonamides is 1. The number of hydrogen-bond acceptors (Lipinski definition) is 4. The highest BCUT2D eigenvalue weighted by Crippen LogP contribution is 2.42. The molecule has 3 rings (SSSR count). The first-order valence-corrected chi connectivity index (χ1v) is 11.0. The molecule has 3 aliphatic heterocycles. The number of likely N-dealkylation sites (tertiary alicyclic amines) is 1. The Morgan fingerprint density at radius 2 is 1.64 bits per heavy atom. The summed E-state index contributed by atoms with van der Waals surface area (Å²) in [7, 11) is -3.17. The molecular weight excluding hydrogens is 350 g/mol. The predicted octanol–water partition coefficient (Wildman–Crippen LogP) is 2.33. The third kappa shape index (κ3) is 4.70. The molecule has 0 bridgehead atoms. The monoisotopic (exact) mass is 380 g/mol. The lowest BCUT2D eigenvalue weighted by Crippen LogP contribution is -2.60. The van der Waals surface area contributed by atoms with Gasteiger partial charge in [-0.15, -0.1) is 0 Å². The smallest absolute Gasteiger partial charge is 0.250 e. The van der Waals surface area contributed by atoms with Gasteiger partial charge in [0.2, 0.25) is 10.0 Å². The Kier molecular flexibility index (Phi) is 5.46. The summed E-state index contributed by atoms with van der Waals surface area (Å²) in [6.07, 6.45) is 2.36. The highest BCUT2D eigenvalue weighted by atomic mass is 32.2. The fourth-order valence-corrected chi connectivity index (χ4v) is 6.02. The largest absolute Gasteiger partial charge is 0.370 e. The molecule has 3 saturated heterocycles. The molecule has 1 spiro atoms. The molecule has 3 heterocycles. The third-order valence-corrected chi connectivity index (χ3v) is 7.88. The van der Waals surface area contributed by atoms with Gasteiger partial charge in [-0.1, -0.05) is 13.8 Å². The van der Waals surface area contributed by atoms with E-state index in [0.717, 1.165) is 19.3 Å².